The van der Waals surface area contributed by atoms with Gasteiger partial charge < -0.3 is 11.1 Å². The highest BCUT2D eigenvalue weighted by Gasteiger charge is 2.26. The minimum Gasteiger partial charge on any atom is -0.358 e. The van der Waals surface area contributed by atoms with Crippen LogP contribution in [0.15, 0.2) is 0 Å². The molecule has 1 aromatic heterocycles. The Morgan fingerprint density at radius 3 is 2.87 bits per heavy atom. The lowest BCUT2D eigenvalue weighted by Gasteiger charge is -2.18. The normalized spacial score (nSPS) is 25.8. The predicted octanol–water partition coefficient (Wildman–Crippen LogP) is 2.30. The Kier molecular flexibility index (Phi) is 3.26. The fourth-order valence-electron chi connectivity index (χ4n) is 2.20. The van der Waals surface area contributed by atoms with E-state index in [2.05, 4.69) is 24.1 Å². The fraction of sp³-hybridized carbons (Fsp3) is 0.727. The van der Waals surface area contributed by atoms with Crippen LogP contribution in [-0.2, 0) is 0 Å². The van der Waals surface area contributed by atoms with Crippen molar-refractivity contribution in [1.29, 1.82) is 0 Å². The molecule has 2 unspecified atom stereocenters. The van der Waals surface area contributed by atoms with Crippen molar-refractivity contribution in [2.75, 3.05) is 11.9 Å². The van der Waals surface area contributed by atoms with Crippen LogP contribution in [0.5, 0.6) is 0 Å². The van der Waals surface area contributed by atoms with Crippen molar-refractivity contribution in [3.63, 3.8) is 0 Å². The molecule has 15 heavy (non-hydrogen) atoms. The quantitative estimate of drug-likeness (QED) is 0.830. The van der Waals surface area contributed by atoms with Gasteiger partial charge in [0.25, 0.3) is 0 Å². The maximum absolute atomic E-state index is 5.76. The van der Waals surface area contributed by atoms with Crippen molar-refractivity contribution < 1.29 is 0 Å². The third-order valence-electron chi connectivity index (χ3n) is 3.30. The van der Waals surface area contributed by atoms with Crippen LogP contribution in [0, 0.1) is 19.8 Å². The number of rotatable bonds is 3. The van der Waals surface area contributed by atoms with Gasteiger partial charge in [0, 0.05) is 10.9 Å². The van der Waals surface area contributed by atoms with Crippen LogP contribution >= 0.6 is 11.3 Å². The molecule has 2 atom stereocenters. The molecule has 1 saturated carbocycles. The fourth-order valence-corrected chi connectivity index (χ4v) is 3.08. The molecular formula is C11H19N3S. The van der Waals surface area contributed by atoms with Crippen molar-refractivity contribution in [3.8, 4) is 0 Å². The second-order valence-corrected chi connectivity index (χ2v) is 5.54. The van der Waals surface area contributed by atoms with Crippen molar-refractivity contribution in [1.82, 2.24) is 4.98 Å². The maximum atomic E-state index is 5.76. The number of aryl methyl sites for hydroxylation is 2. The zero-order valence-corrected chi connectivity index (χ0v) is 10.2. The van der Waals surface area contributed by atoms with Crippen LogP contribution in [-0.4, -0.2) is 17.6 Å². The van der Waals surface area contributed by atoms with Gasteiger partial charge in [-0.25, -0.2) is 4.98 Å². The molecule has 0 bridgehead atoms. The van der Waals surface area contributed by atoms with E-state index in [-0.39, 0.29) is 0 Å². The van der Waals surface area contributed by atoms with Gasteiger partial charge in [-0.2, -0.15) is 0 Å². The average molecular weight is 225 g/mol. The lowest BCUT2D eigenvalue weighted by molar-refractivity contribution is 0.516. The Morgan fingerprint density at radius 2 is 2.27 bits per heavy atom. The monoisotopic (exact) mass is 225 g/mol. The van der Waals surface area contributed by atoms with Crippen LogP contribution in [0.4, 0.5) is 5.13 Å². The van der Waals surface area contributed by atoms with Crippen LogP contribution in [0.3, 0.4) is 0 Å². The number of nitrogens with zero attached hydrogens (tertiary/aromatic N) is 1. The second kappa shape index (κ2) is 4.49. The van der Waals surface area contributed by atoms with E-state index in [1.165, 1.54) is 24.1 Å². The van der Waals surface area contributed by atoms with Crippen LogP contribution < -0.4 is 11.1 Å². The molecule has 0 aromatic carbocycles. The minimum atomic E-state index is 0.542. The molecule has 1 fully saturated rings. The van der Waals surface area contributed by atoms with Gasteiger partial charge >= 0.3 is 0 Å². The highest BCUT2D eigenvalue weighted by atomic mass is 32.1. The predicted molar refractivity (Wildman–Crippen MR) is 65.4 cm³/mol. The summed E-state index contributed by atoms with van der Waals surface area (Å²) in [6.07, 6.45) is 3.79. The van der Waals surface area contributed by atoms with E-state index in [0.29, 0.717) is 12.0 Å². The molecule has 0 spiro atoms. The van der Waals surface area contributed by atoms with Gasteiger partial charge in [0.05, 0.1) is 5.69 Å². The van der Waals surface area contributed by atoms with Crippen molar-refractivity contribution in [3.05, 3.63) is 10.6 Å². The molecule has 0 radical (unpaired) electrons. The number of aromatic nitrogens is 1. The molecule has 84 valence electrons. The molecule has 1 heterocycles. The Hall–Kier alpha value is -0.610. The maximum Gasteiger partial charge on any atom is 0.183 e. The number of hydrogen-bond acceptors (Lipinski definition) is 4. The van der Waals surface area contributed by atoms with Gasteiger partial charge in [-0.3, -0.25) is 0 Å². The lowest BCUT2D eigenvalue weighted by atomic mass is 10.0. The Balaban J connectivity index is 2.02. The zero-order valence-electron chi connectivity index (χ0n) is 9.42. The molecule has 4 heteroatoms. The molecule has 3 N–H and O–H groups in total. The van der Waals surface area contributed by atoms with E-state index in [1.807, 2.05) is 0 Å². The van der Waals surface area contributed by atoms with Gasteiger partial charge in [0.15, 0.2) is 5.13 Å². The largest absolute Gasteiger partial charge is 0.358 e. The number of nitrogens with one attached hydrogen (secondary N) is 1. The molecular weight excluding hydrogens is 206 g/mol. The summed E-state index contributed by atoms with van der Waals surface area (Å²) in [5.41, 5.74) is 6.90. The molecule has 0 aliphatic heterocycles. The summed E-state index contributed by atoms with van der Waals surface area (Å²) in [7, 11) is 0. The SMILES string of the molecule is Cc1nc(NC2CCCC2CN)sc1C. The molecule has 1 aliphatic carbocycles. The molecule has 2 rings (SSSR count). The summed E-state index contributed by atoms with van der Waals surface area (Å²) in [5, 5.41) is 4.60. The van der Waals surface area contributed by atoms with E-state index in [4.69, 9.17) is 5.73 Å². The van der Waals surface area contributed by atoms with Crippen molar-refractivity contribution >= 4 is 16.5 Å². The summed E-state index contributed by atoms with van der Waals surface area (Å²) in [5.74, 6) is 0.634. The number of anilines is 1. The highest BCUT2D eigenvalue weighted by Crippen LogP contribution is 2.30. The first-order chi connectivity index (χ1) is 7.20. The molecule has 0 amide bonds. The standard InChI is InChI=1S/C11H19N3S/c1-7-8(2)15-11(13-7)14-10-5-3-4-9(10)6-12/h9-10H,3-6,12H2,1-2H3,(H,13,14). The second-order valence-electron chi connectivity index (χ2n) is 4.34. The van der Waals surface area contributed by atoms with Crippen LogP contribution in [0.1, 0.15) is 29.8 Å². The number of hydrogen-bond donors (Lipinski definition) is 2. The minimum absolute atomic E-state index is 0.542. The molecule has 1 aliphatic rings. The van der Waals surface area contributed by atoms with E-state index >= 15 is 0 Å². The van der Waals surface area contributed by atoms with Gasteiger partial charge in [-0.05, 0) is 39.2 Å². The van der Waals surface area contributed by atoms with Crippen LogP contribution in [0.25, 0.3) is 0 Å². The topological polar surface area (TPSA) is 50.9 Å². The lowest BCUT2D eigenvalue weighted by Crippen LogP contribution is -2.29. The summed E-state index contributed by atoms with van der Waals surface area (Å²) in [6, 6.07) is 0.542. The van der Waals surface area contributed by atoms with E-state index in [1.54, 1.807) is 11.3 Å². The first-order valence-electron chi connectivity index (χ1n) is 5.61. The first kappa shape index (κ1) is 10.9. The van der Waals surface area contributed by atoms with Crippen molar-refractivity contribution in [2.24, 2.45) is 11.7 Å². The Morgan fingerprint density at radius 1 is 1.47 bits per heavy atom. The third kappa shape index (κ3) is 2.32. The zero-order chi connectivity index (χ0) is 10.8. The van der Waals surface area contributed by atoms with E-state index in [0.717, 1.165) is 17.4 Å². The summed E-state index contributed by atoms with van der Waals surface area (Å²) >= 11 is 1.75. The Bertz CT molecular complexity index is 315. The smallest absolute Gasteiger partial charge is 0.183 e. The van der Waals surface area contributed by atoms with Gasteiger partial charge in [-0.1, -0.05) is 6.42 Å². The van der Waals surface area contributed by atoms with Crippen molar-refractivity contribution in [2.45, 2.75) is 39.2 Å². The first-order valence-corrected chi connectivity index (χ1v) is 6.43. The van der Waals surface area contributed by atoms with E-state index < -0.39 is 0 Å². The average Bonchev–Trinajstić information content (AvgIpc) is 2.75. The van der Waals surface area contributed by atoms with E-state index in [9.17, 15) is 0 Å². The van der Waals surface area contributed by atoms with Gasteiger partial charge in [0.2, 0.25) is 0 Å². The van der Waals surface area contributed by atoms with Gasteiger partial charge in [-0.15, -0.1) is 11.3 Å². The molecule has 3 nitrogen and oxygen atoms in total. The summed E-state index contributed by atoms with van der Waals surface area (Å²) in [4.78, 5) is 5.81. The van der Waals surface area contributed by atoms with Gasteiger partial charge in [0.1, 0.15) is 0 Å². The highest BCUT2D eigenvalue weighted by molar-refractivity contribution is 7.15. The summed E-state index contributed by atoms with van der Waals surface area (Å²) in [6.45, 7) is 4.97. The van der Waals surface area contributed by atoms with Crippen LogP contribution in [0.2, 0.25) is 0 Å². The summed E-state index contributed by atoms with van der Waals surface area (Å²) < 4.78 is 0. The molecule has 1 aromatic rings. The number of thiazole rings is 1. The molecule has 0 saturated heterocycles. The third-order valence-corrected chi connectivity index (χ3v) is 4.30. The Labute approximate surface area is 95.1 Å². The number of nitrogens with two attached hydrogens (primary N) is 1.